The van der Waals surface area contributed by atoms with E-state index in [0.29, 0.717) is 0 Å². The molecular formula is C64H34OS2. The molecule has 3 aromatic heterocycles. The molecule has 0 saturated carbocycles. The van der Waals surface area contributed by atoms with Crippen LogP contribution in [0.3, 0.4) is 0 Å². The van der Waals surface area contributed by atoms with Crippen molar-refractivity contribution in [3.8, 4) is 44.5 Å². The van der Waals surface area contributed by atoms with Crippen molar-refractivity contribution in [2.75, 3.05) is 0 Å². The highest BCUT2D eigenvalue weighted by Crippen LogP contribution is 2.50. The van der Waals surface area contributed by atoms with E-state index in [2.05, 4.69) is 212 Å². The molecule has 67 heavy (non-hydrogen) atoms. The summed E-state index contributed by atoms with van der Waals surface area (Å²) in [6, 6.07) is 82.8. The highest BCUT2D eigenvalue weighted by molar-refractivity contribution is 7.26. The van der Waals surface area contributed by atoms with Gasteiger partial charge < -0.3 is 4.42 Å². The molecule has 0 aliphatic heterocycles. The van der Waals surface area contributed by atoms with Crippen LogP contribution in [0.25, 0.3) is 150 Å². The van der Waals surface area contributed by atoms with Crippen LogP contribution in [0.1, 0.15) is 0 Å². The molecule has 0 spiro atoms. The summed E-state index contributed by atoms with van der Waals surface area (Å²) < 4.78 is 12.0. The summed E-state index contributed by atoms with van der Waals surface area (Å²) in [4.78, 5) is 0. The number of fused-ring (bicyclic) bond motifs is 13. The van der Waals surface area contributed by atoms with Crippen molar-refractivity contribution in [1.29, 1.82) is 0 Å². The highest BCUT2D eigenvalue weighted by atomic mass is 32.1. The van der Waals surface area contributed by atoms with Gasteiger partial charge in [-0.05, 0) is 143 Å². The molecule has 0 radical (unpaired) electrons. The zero-order valence-corrected chi connectivity index (χ0v) is 37.5. The number of hydrogen-bond acceptors (Lipinski definition) is 3. The Balaban J connectivity index is 0.970. The summed E-state index contributed by atoms with van der Waals surface area (Å²) >= 11 is 3.72. The first kappa shape index (κ1) is 37.0. The van der Waals surface area contributed by atoms with Crippen LogP contribution in [0, 0.1) is 12.1 Å². The molecule has 0 atom stereocenters. The summed E-state index contributed by atoms with van der Waals surface area (Å²) in [5, 5.41) is 16.9. The van der Waals surface area contributed by atoms with Crippen molar-refractivity contribution in [3.63, 3.8) is 0 Å². The second-order valence-electron chi connectivity index (χ2n) is 17.6. The topological polar surface area (TPSA) is 13.1 Å². The largest absolute Gasteiger partial charge is 0.456 e. The van der Waals surface area contributed by atoms with Crippen molar-refractivity contribution < 1.29 is 4.42 Å². The molecule has 0 bridgehead atoms. The second-order valence-corrected chi connectivity index (χ2v) is 19.8. The fourth-order valence-corrected chi connectivity index (χ4v) is 13.5. The summed E-state index contributed by atoms with van der Waals surface area (Å²) in [7, 11) is 0. The third kappa shape index (κ3) is 5.37. The van der Waals surface area contributed by atoms with Crippen LogP contribution in [0.4, 0.5) is 0 Å². The van der Waals surface area contributed by atoms with Crippen LogP contribution < -0.4 is 0 Å². The number of hydrogen-bond donors (Lipinski definition) is 0. The average Bonchev–Trinajstić information content (AvgIpc) is 4.08. The van der Waals surface area contributed by atoms with Gasteiger partial charge in [0.1, 0.15) is 11.2 Å². The quantitative estimate of drug-likeness (QED) is 0.161. The van der Waals surface area contributed by atoms with E-state index < -0.39 is 0 Å². The van der Waals surface area contributed by atoms with Gasteiger partial charge in [-0.25, -0.2) is 0 Å². The first-order valence-electron chi connectivity index (χ1n) is 22.7. The Morgan fingerprint density at radius 3 is 1.37 bits per heavy atom. The van der Waals surface area contributed by atoms with Crippen LogP contribution in [-0.2, 0) is 0 Å². The molecule has 15 aromatic rings. The zero-order chi connectivity index (χ0) is 43.7. The van der Waals surface area contributed by atoms with Gasteiger partial charge in [-0.15, -0.1) is 22.7 Å². The molecular weight excluding hydrogens is 849 g/mol. The lowest BCUT2D eigenvalue weighted by atomic mass is 9.84. The summed E-state index contributed by atoms with van der Waals surface area (Å²) in [6.45, 7) is 0. The van der Waals surface area contributed by atoms with E-state index in [0.717, 1.165) is 43.8 Å². The SMILES string of the molecule is c1ccc2c(-c3ccc4oc5cccc(-c6c7ccccc7c(-c7ccc8sc9ccccc9c8c7)c7ccccc67)c5c4c3)c3ccccc3c(-c3ccc4sc5ccccc5c4c3)c2c#1. The van der Waals surface area contributed by atoms with Gasteiger partial charge in [-0.1, -0.05) is 152 Å². The van der Waals surface area contributed by atoms with Crippen molar-refractivity contribution in [2.24, 2.45) is 0 Å². The van der Waals surface area contributed by atoms with E-state index >= 15 is 0 Å². The molecule has 0 saturated heterocycles. The molecule has 3 heterocycles. The number of thiophene rings is 2. The Morgan fingerprint density at radius 1 is 0.313 bits per heavy atom. The van der Waals surface area contributed by atoms with Crippen molar-refractivity contribution in [2.45, 2.75) is 0 Å². The van der Waals surface area contributed by atoms with Crippen LogP contribution in [0.15, 0.2) is 211 Å². The van der Waals surface area contributed by atoms with Crippen molar-refractivity contribution >= 4 is 128 Å². The minimum Gasteiger partial charge on any atom is -0.456 e. The molecule has 15 rings (SSSR count). The van der Waals surface area contributed by atoms with E-state index in [4.69, 9.17) is 4.42 Å². The van der Waals surface area contributed by atoms with Crippen LogP contribution in [0.2, 0.25) is 0 Å². The van der Waals surface area contributed by atoms with Crippen LogP contribution in [-0.4, -0.2) is 0 Å². The molecule has 0 N–H and O–H groups in total. The predicted octanol–water partition coefficient (Wildman–Crippen LogP) is 19.2. The van der Waals surface area contributed by atoms with Crippen molar-refractivity contribution in [1.82, 2.24) is 0 Å². The van der Waals surface area contributed by atoms with Gasteiger partial charge in [0, 0.05) is 62.1 Å². The Labute approximate surface area is 393 Å². The first-order valence-corrected chi connectivity index (χ1v) is 24.4. The van der Waals surface area contributed by atoms with E-state index in [1.807, 2.05) is 28.7 Å². The lowest BCUT2D eigenvalue weighted by Crippen LogP contribution is -1.91. The first-order chi connectivity index (χ1) is 33.2. The normalized spacial score (nSPS) is 12.1. The third-order valence-corrected chi connectivity index (χ3v) is 16.4. The molecule has 0 unspecified atom stereocenters. The standard InChI is InChI=1S/C64H34OS2/c1-3-18-44-42(16-1)60(43-17-2-4-19-45(43)61(44)38-29-32-58-51(34-38)40-14-9-11-26-56(40)66-58)37-28-31-54-53(36-37)64-50(24-13-25-55(64)65-54)63-48-22-7-5-20-46(48)62(47-21-6-8-23-49(47)63)39-30-33-59-52(35-39)41-15-10-12-27-57(41)67-59/h1-3,5-18,20-36H. The van der Waals surface area contributed by atoms with Crippen LogP contribution >= 0.6 is 22.7 Å². The van der Waals surface area contributed by atoms with Crippen LogP contribution in [0.5, 0.6) is 0 Å². The lowest BCUT2D eigenvalue weighted by molar-refractivity contribution is 0.669. The molecule has 3 heteroatoms. The molecule has 0 aliphatic carbocycles. The number of benzene rings is 11. The summed E-state index contributed by atoms with van der Waals surface area (Å²) in [5.41, 5.74) is 11.3. The fourth-order valence-electron chi connectivity index (χ4n) is 11.3. The van der Waals surface area contributed by atoms with Gasteiger partial charge in [-0.2, -0.15) is 0 Å². The summed E-state index contributed by atoms with van der Waals surface area (Å²) in [6.07, 6.45) is 0. The molecule has 0 aliphatic rings. The highest BCUT2D eigenvalue weighted by Gasteiger charge is 2.23. The molecule has 12 aromatic carbocycles. The molecule has 0 amide bonds. The Morgan fingerprint density at radius 2 is 0.776 bits per heavy atom. The number of rotatable bonds is 4. The monoisotopic (exact) mass is 882 g/mol. The Bertz CT molecular complexity index is 4470. The van der Waals surface area contributed by atoms with Crippen molar-refractivity contribution in [3.05, 3.63) is 218 Å². The van der Waals surface area contributed by atoms with Gasteiger partial charge in [0.2, 0.25) is 0 Å². The minimum atomic E-state index is 0.870. The molecule has 1 nitrogen and oxygen atoms in total. The fraction of sp³-hybridized carbons (Fsp3) is 0. The Kier molecular flexibility index (Phi) is 7.80. The lowest BCUT2D eigenvalue weighted by Gasteiger charge is -2.18. The maximum atomic E-state index is 6.79. The third-order valence-electron chi connectivity index (χ3n) is 14.1. The Hall–Kier alpha value is -8.26. The van der Waals surface area contributed by atoms with Gasteiger partial charge in [0.25, 0.3) is 0 Å². The second kappa shape index (κ2) is 14.1. The maximum absolute atomic E-state index is 6.79. The molecule has 0 fully saturated rings. The smallest absolute Gasteiger partial charge is 0.136 e. The van der Waals surface area contributed by atoms with E-state index in [9.17, 15) is 0 Å². The van der Waals surface area contributed by atoms with E-state index in [1.54, 1.807) is 0 Å². The van der Waals surface area contributed by atoms with E-state index in [-0.39, 0.29) is 0 Å². The predicted molar refractivity (Wildman–Crippen MR) is 289 cm³/mol. The maximum Gasteiger partial charge on any atom is 0.136 e. The average molecular weight is 883 g/mol. The molecule has 308 valence electrons. The van der Waals surface area contributed by atoms with Gasteiger partial charge in [0.05, 0.1) is 0 Å². The summed E-state index contributed by atoms with van der Waals surface area (Å²) in [5.74, 6) is 0. The number of furan rings is 1. The van der Waals surface area contributed by atoms with Gasteiger partial charge >= 0.3 is 0 Å². The van der Waals surface area contributed by atoms with E-state index in [1.165, 1.54) is 106 Å². The van der Waals surface area contributed by atoms with Gasteiger partial charge in [-0.3, -0.25) is 0 Å². The van der Waals surface area contributed by atoms with Gasteiger partial charge in [0.15, 0.2) is 0 Å². The minimum absolute atomic E-state index is 0.870. The zero-order valence-electron chi connectivity index (χ0n) is 35.9.